The highest BCUT2D eigenvalue weighted by Gasteiger charge is 2.35. The summed E-state index contributed by atoms with van der Waals surface area (Å²) in [6.45, 7) is 3.20. The molecule has 3 heterocycles. The van der Waals surface area contributed by atoms with Gasteiger partial charge in [0.2, 0.25) is 0 Å². The molecule has 0 radical (unpaired) electrons. The highest BCUT2D eigenvalue weighted by Crippen LogP contribution is 2.37. The van der Waals surface area contributed by atoms with Crippen LogP contribution in [0.1, 0.15) is 70.6 Å². The summed E-state index contributed by atoms with van der Waals surface area (Å²) in [6.07, 6.45) is 4.89. The number of piperidine rings is 1. The Morgan fingerprint density at radius 2 is 1.57 bits per heavy atom. The highest BCUT2D eigenvalue weighted by molar-refractivity contribution is 6.21. The smallest absolute Gasteiger partial charge is 0.303 e. The van der Waals surface area contributed by atoms with Crippen molar-refractivity contribution < 1.29 is 9.59 Å². The van der Waals surface area contributed by atoms with Crippen molar-refractivity contribution in [1.82, 2.24) is 24.1 Å². The number of hydrogen-bond donors (Lipinski definition) is 0. The number of hydrogen-bond acceptors (Lipinski definition) is 5. The van der Waals surface area contributed by atoms with Gasteiger partial charge in [0, 0.05) is 25.6 Å². The van der Waals surface area contributed by atoms with Crippen molar-refractivity contribution in [3.63, 3.8) is 0 Å². The molecule has 1 saturated heterocycles. The van der Waals surface area contributed by atoms with Crippen molar-refractivity contribution >= 4 is 11.8 Å². The zero-order valence-corrected chi connectivity index (χ0v) is 17.3. The van der Waals surface area contributed by atoms with Crippen molar-refractivity contribution in [2.45, 2.75) is 44.1 Å². The van der Waals surface area contributed by atoms with Crippen molar-refractivity contribution in [3.05, 3.63) is 51.7 Å². The van der Waals surface area contributed by atoms with Crippen LogP contribution >= 0.6 is 0 Å². The van der Waals surface area contributed by atoms with E-state index in [1.54, 1.807) is 31.3 Å². The maximum absolute atomic E-state index is 12.5. The van der Waals surface area contributed by atoms with Gasteiger partial charge in [-0.1, -0.05) is 12.1 Å². The lowest BCUT2D eigenvalue weighted by Crippen LogP contribution is -2.37. The number of aromatic nitrogens is 3. The number of fused-ring (bicyclic) bond motifs is 1. The van der Waals surface area contributed by atoms with Crippen molar-refractivity contribution in [2.75, 3.05) is 26.2 Å². The first-order valence-corrected chi connectivity index (χ1v) is 10.9. The zero-order valence-electron chi connectivity index (χ0n) is 17.3. The van der Waals surface area contributed by atoms with Gasteiger partial charge in [0.05, 0.1) is 11.1 Å². The third-order valence-electron chi connectivity index (χ3n) is 6.58. The maximum Gasteiger partial charge on any atom is 0.345 e. The van der Waals surface area contributed by atoms with Crippen molar-refractivity contribution in [1.29, 1.82) is 0 Å². The van der Waals surface area contributed by atoms with E-state index in [0.29, 0.717) is 29.6 Å². The Bertz CT molecular complexity index is 1010. The van der Waals surface area contributed by atoms with Crippen LogP contribution in [0.25, 0.3) is 0 Å². The molecule has 2 amide bonds. The number of aryl methyl sites for hydroxylation is 1. The van der Waals surface area contributed by atoms with Gasteiger partial charge in [0.25, 0.3) is 11.8 Å². The number of carbonyl (C=O) groups is 2. The minimum atomic E-state index is -0.178. The first-order valence-electron chi connectivity index (χ1n) is 10.9. The fraction of sp³-hybridized carbons (Fsp3) is 0.545. The van der Waals surface area contributed by atoms with E-state index in [9.17, 15) is 14.4 Å². The maximum atomic E-state index is 12.5. The average Bonchev–Trinajstić information content (AvgIpc) is 3.52. The summed E-state index contributed by atoms with van der Waals surface area (Å²) in [6, 6.07) is 7.38. The van der Waals surface area contributed by atoms with Gasteiger partial charge >= 0.3 is 5.69 Å². The van der Waals surface area contributed by atoms with Crippen LogP contribution in [0.5, 0.6) is 0 Å². The first kappa shape index (κ1) is 19.2. The predicted molar refractivity (Wildman–Crippen MR) is 111 cm³/mol. The lowest BCUT2D eigenvalue weighted by atomic mass is 9.95. The van der Waals surface area contributed by atoms with E-state index in [1.807, 2.05) is 4.57 Å². The van der Waals surface area contributed by atoms with E-state index < -0.39 is 0 Å². The molecule has 0 bridgehead atoms. The number of amides is 2. The van der Waals surface area contributed by atoms with Crippen LogP contribution in [-0.4, -0.2) is 62.1 Å². The number of rotatable bonds is 6. The molecule has 1 aliphatic carbocycles. The van der Waals surface area contributed by atoms with Crippen LogP contribution in [0.4, 0.5) is 0 Å². The Kier molecular flexibility index (Phi) is 4.81. The van der Waals surface area contributed by atoms with Gasteiger partial charge in [-0.25, -0.2) is 9.48 Å². The minimum absolute atomic E-state index is 0.0101. The molecule has 1 aromatic heterocycles. The lowest BCUT2D eigenvalue weighted by Gasteiger charge is -2.31. The summed E-state index contributed by atoms with van der Waals surface area (Å²) in [4.78, 5) is 41.1. The molecule has 2 fully saturated rings. The molecule has 5 rings (SSSR count). The van der Waals surface area contributed by atoms with Gasteiger partial charge < -0.3 is 4.90 Å². The molecule has 0 N–H and O–H groups in total. The molecule has 30 heavy (non-hydrogen) atoms. The number of likely N-dealkylation sites (tertiary alicyclic amines) is 1. The van der Waals surface area contributed by atoms with Crippen LogP contribution in [0, 0.1) is 0 Å². The second-order valence-corrected chi connectivity index (χ2v) is 8.64. The molecule has 0 unspecified atom stereocenters. The molecule has 8 nitrogen and oxygen atoms in total. The summed E-state index contributed by atoms with van der Waals surface area (Å²) in [5.74, 6) is 0.924. The molecule has 2 aromatic rings. The average molecular weight is 409 g/mol. The SMILES string of the molecule is Cn1nc(C2CCN(CCCN3C(=O)c4ccccc4C3=O)CC2)n(C2CC2)c1=O. The van der Waals surface area contributed by atoms with E-state index in [-0.39, 0.29) is 17.5 Å². The van der Waals surface area contributed by atoms with Crippen molar-refractivity contribution in [3.8, 4) is 0 Å². The molecular formula is C22H27N5O3. The monoisotopic (exact) mass is 409 g/mol. The van der Waals surface area contributed by atoms with E-state index in [0.717, 1.165) is 57.6 Å². The minimum Gasteiger partial charge on any atom is -0.303 e. The summed E-state index contributed by atoms with van der Waals surface area (Å²) in [5.41, 5.74) is 1.04. The lowest BCUT2D eigenvalue weighted by molar-refractivity contribution is 0.0645. The Hall–Kier alpha value is -2.74. The Labute approximate surface area is 175 Å². The van der Waals surface area contributed by atoms with Gasteiger partial charge in [0.1, 0.15) is 5.82 Å². The van der Waals surface area contributed by atoms with Crippen molar-refractivity contribution in [2.24, 2.45) is 7.05 Å². The standard InChI is InChI=1S/C22H27N5O3/c1-24-22(30)27(16-7-8-16)19(23-24)15-9-13-25(14-10-15)11-4-12-26-20(28)17-5-2-3-6-18(17)21(26)29/h2-3,5-6,15-16H,4,7-14H2,1H3. The van der Waals surface area contributed by atoms with Crippen LogP contribution in [-0.2, 0) is 7.05 Å². The summed E-state index contributed by atoms with van der Waals surface area (Å²) in [5, 5.41) is 4.54. The van der Waals surface area contributed by atoms with E-state index in [1.165, 1.54) is 9.58 Å². The Balaban J connectivity index is 1.14. The van der Waals surface area contributed by atoms with Gasteiger partial charge in [-0.2, -0.15) is 5.10 Å². The molecule has 1 saturated carbocycles. The summed E-state index contributed by atoms with van der Waals surface area (Å²) < 4.78 is 3.39. The van der Waals surface area contributed by atoms with Crippen LogP contribution in [0.3, 0.4) is 0 Å². The van der Waals surface area contributed by atoms with Gasteiger partial charge in [0.15, 0.2) is 0 Å². The Morgan fingerprint density at radius 3 is 2.17 bits per heavy atom. The molecule has 0 atom stereocenters. The number of benzene rings is 1. The number of nitrogens with zero attached hydrogens (tertiary/aromatic N) is 5. The van der Waals surface area contributed by atoms with E-state index in [4.69, 9.17) is 0 Å². The second-order valence-electron chi connectivity index (χ2n) is 8.64. The van der Waals surface area contributed by atoms with Gasteiger partial charge in [-0.3, -0.25) is 19.1 Å². The van der Waals surface area contributed by atoms with Crippen LogP contribution in [0.2, 0.25) is 0 Å². The molecule has 0 spiro atoms. The normalized spacial score (nSPS) is 20.2. The van der Waals surface area contributed by atoms with Gasteiger partial charge in [-0.05, 0) is 63.9 Å². The van der Waals surface area contributed by atoms with Gasteiger partial charge in [-0.15, -0.1) is 0 Å². The molecule has 1 aromatic carbocycles. The predicted octanol–water partition coefficient (Wildman–Crippen LogP) is 1.78. The molecule has 158 valence electrons. The number of imide groups is 1. The van der Waals surface area contributed by atoms with Crippen LogP contribution in [0.15, 0.2) is 29.1 Å². The third-order valence-corrected chi connectivity index (χ3v) is 6.58. The topological polar surface area (TPSA) is 80.4 Å². The van der Waals surface area contributed by atoms with Crippen LogP contribution < -0.4 is 5.69 Å². The Morgan fingerprint density at radius 1 is 0.933 bits per heavy atom. The third kappa shape index (κ3) is 3.29. The molecular weight excluding hydrogens is 382 g/mol. The first-order chi connectivity index (χ1) is 14.5. The molecule has 8 heteroatoms. The largest absolute Gasteiger partial charge is 0.345 e. The summed E-state index contributed by atoms with van der Waals surface area (Å²) >= 11 is 0. The molecule has 2 aliphatic heterocycles. The number of carbonyl (C=O) groups excluding carboxylic acids is 2. The highest BCUT2D eigenvalue weighted by atomic mass is 16.2. The zero-order chi connectivity index (χ0) is 20.8. The van der Waals surface area contributed by atoms with E-state index in [2.05, 4.69) is 10.00 Å². The van der Waals surface area contributed by atoms with E-state index >= 15 is 0 Å². The summed E-state index contributed by atoms with van der Waals surface area (Å²) in [7, 11) is 1.74. The quantitative estimate of drug-likeness (QED) is 0.680. The fourth-order valence-corrected chi connectivity index (χ4v) is 4.76. The fourth-order valence-electron chi connectivity index (χ4n) is 4.76. The molecule has 3 aliphatic rings. The second kappa shape index (κ2) is 7.50.